The molecule has 0 aliphatic heterocycles. The summed E-state index contributed by atoms with van der Waals surface area (Å²) in [7, 11) is 1.65. The lowest BCUT2D eigenvalue weighted by Crippen LogP contribution is -2.00. The predicted octanol–water partition coefficient (Wildman–Crippen LogP) is 2.97. The second kappa shape index (κ2) is 5.54. The number of carbonyl (C=O) groups is 1. The van der Waals surface area contributed by atoms with E-state index in [0.717, 1.165) is 11.3 Å². The molecule has 16 heavy (non-hydrogen) atoms. The third kappa shape index (κ3) is 3.26. The van der Waals surface area contributed by atoms with Crippen molar-refractivity contribution in [1.82, 2.24) is 0 Å². The summed E-state index contributed by atoms with van der Waals surface area (Å²) in [6, 6.07) is 5.99. The fourth-order valence-electron chi connectivity index (χ4n) is 1.71. The van der Waals surface area contributed by atoms with Crippen LogP contribution < -0.4 is 4.74 Å². The molecular formula is C13H18O3. The number of aliphatic carboxylic acids is 1. The number of aryl methyl sites for hydroxylation is 1. The Hall–Kier alpha value is -1.51. The molecule has 1 aromatic rings. The van der Waals surface area contributed by atoms with Crippen LogP contribution in [0.3, 0.4) is 0 Å². The molecule has 3 heteroatoms. The fourth-order valence-corrected chi connectivity index (χ4v) is 1.71. The van der Waals surface area contributed by atoms with Crippen LogP contribution in [0.4, 0.5) is 0 Å². The fraction of sp³-hybridized carbons (Fsp3) is 0.462. The van der Waals surface area contributed by atoms with Crippen molar-refractivity contribution in [3.8, 4) is 5.75 Å². The molecule has 3 nitrogen and oxygen atoms in total. The van der Waals surface area contributed by atoms with Crippen molar-refractivity contribution in [2.24, 2.45) is 0 Å². The van der Waals surface area contributed by atoms with Gasteiger partial charge in [0.15, 0.2) is 0 Å². The maximum atomic E-state index is 10.5. The van der Waals surface area contributed by atoms with E-state index in [9.17, 15) is 4.79 Å². The molecule has 1 N–H and O–H groups in total. The molecule has 0 aliphatic rings. The van der Waals surface area contributed by atoms with Crippen LogP contribution in [-0.4, -0.2) is 18.2 Å². The number of benzene rings is 1. The van der Waals surface area contributed by atoms with Crippen molar-refractivity contribution in [2.75, 3.05) is 7.11 Å². The molecule has 0 spiro atoms. The van der Waals surface area contributed by atoms with Crippen molar-refractivity contribution in [3.63, 3.8) is 0 Å². The number of methoxy groups -OCH3 is 1. The van der Waals surface area contributed by atoms with Gasteiger partial charge in [-0.3, -0.25) is 4.79 Å². The minimum Gasteiger partial charge on any atom is -0.496 e. The zero-order chi connectivity index (χ0) is 12.1. The van der Waals surface area contributed by atoms with Crippen molar-refractivity contribution >= 4 is 5.97 Å². The van der Waals surface area contributed by atoms with E-state index >= 15 is 0 Å². The van der Waals surface area contributed by atoms with Gasteiger partial charge in [0.2, 0.25) is 0 Å². The molecule has 0 fully saturated rings. The number of carboxylic acids is 1. The van der Waals surface area contributed by atoms with Gasteiger partial charge in [-0.15, -0.1) is 0 Å². The summed E-state index contributed by atoms with van der Waals surface area (Å²) in [6.07, 6.45) is 0.882. The van der Waals surface area contributed by atoms with E-state index in [1.807, 2.05) is 26.0 Å². The van der Waals surface area contributed by atoms with Crippen LogP contribution in [-0.2, 0) is 4.79 Å². The van der Waals surface area contributed by atoms with E-state index in [1.165, 1.54) is 5.56 Å². The Morgan fingerprint density at radius 3 is 2.69 bits per heavy atom. The first-order valence-corrected chi connectivity index (χ1v) is 5.41. The second-order valence-corrected chi connectivity index (χ2v) is 4.06. The Labute approximate surface area is 96.1 Å². The van der Waals surface area contributed by atoms with Crippen LogP contribution in [0.25, 0.3) is 0 Å². The van der Waals surface area contributed by atoms with Crippen LogP contribution in [0.5, 0.6) is 5.75 Å². The summed E-state index contributed by atoms with van der Waals surface area (Å²) in [5, 5.41) is 8.63. The first-order valence-electron chi connectivity index (χ1n) is 5.41. The Bertz CT molecular complexity index is 371. The Morgan fingerprint density at radius 2 is 2.19 bits per heavy atom. The summed E-state index contributed by atoms with van der Waals surface area (Å²) >= 11 is 0. The van der Waals surface area contributed by atoms with Gasteiger partial charge in [-0.1, -0.05) is 19.1 Å². The summed E-state index contributed by atoms with van der Waals surface area (Å²) < 4.78 is 5.18. The minimum atomic E-state index is -0.739. The SMILES string of the molecule is COc1ccc([C@H](C)CCC(=O)O)cc1C. The lowest BCUT2D eigenvalue weighted by molar-refractivity contribution is -0.137. The first-order chi connectivity index (χ1) is 7.54. The van der Waals surface area contributed by atoms with Gasteiger partial charge in [0.25, 0.3) is 0 Å². The second-order valence-electron chi connectivity index (χ2n) is 4.06. The summed E-state index contributed by atoms with van der Waals surface area (Å²) in [6.45, 7) is 4.04. The molecule has 0 saturated heterocycles. The van der Waals surface area contributed by atoms with Crippen LogP contribution >= 0.6 is 0 Å². The summed E-state index contributed by atoms with van der Waals surface area (Å²) in [5.41, 5.74) is 2.25. The molecule has 1 aromatic carbocycles. The highest BCUT2D eigenvalue weighted by Gasteiger charge is 2.09. The third-order valence-corrected chi connectivity index (χ3v) is 2.78. The molecule has 1 rings (SSSR count). The highest BCUT2D eigenvalue weighted by Crippen LogP contribution is 2.26. The molecule has 0 aromatic heterocycles. The molecule has 0 unspecified atom stereocenters. The van der Waals surface area contributed by atoms with Crippen LogP contribution in [0.2, 0.25) is 0 Å². The lowest BCUT2D eigenvalue weighted by atomic mass is 9.95. The van der Waals surface area contributed by atoms with Crippen molar-refractivity contribution in [1.29, 1.82) is 0 Å². The zero-order valence-electron chi connectivity index (χ0n) is 9.99. The number of ether oxygens (including phenoxy) is 1. The average molecular weight is 222 g/mol. The van der Waals surface area contributed by atoms with E-state index in [2.05, 4.69) is 6.07 Å². The topological polar surface area (TPSA) is 46.5 Å². The monoisotopic (exact) mass is 222 g/mol. The Kier molecular flexibility index (Phi) is 4.35. The van der Waals surface area contributed by atoms with E-state index in [1.54, 1.807) is 7.11 Å². The van der Waals surface area contributed by atoms with E-state index in [4.69, 9.17) is 9.84 Å². The van der Waals surface area contributed by atoms with Gasteiger partial charge in [-0.25, -0.2) is 0 Å². The lowest BCUT2D eigenvalue weighted by Gasteiger charge is -2.13. The number of rotatable bonds is 5. The Balaban J connectivity index is 2.72. The molecule has 0 aliphatic carbocycles. The quantitative estimate of drug-likeness (QED) is 0.833. The molecule has 1 atom stereocenters. The third-order valence-electron chi connectivity index (χ3n) is 2.78. The molecule has 0 saturated carbocycles. The van der Waals surface area contributed by atoms with Gasteiger partial charge in [-0.2, -0.15) is 0 Å². The smallest absolute Gasteiger partial charge is 0.303 e. The van der Waals surface area contributed by atoms with Gasteiger partial charge in [-0.05, 0) is 36.5 Å². The first kappa shape index (κ1) is 12.6. The maximum absolute atomic E-state index is 10.5. The standard InChI is InChI=1S/C13H18O3/c1-9(4-7-13(14)15)11-5-6-12(16-3)10(2)8-11/h5-6,8-9H,4,7H2,1-3H3,(H,14,15)/t9-/m1/s1. The van der Waals surface area contributed by atoms with Crippen molar-refractivity contribution < 1.29 is 14.6 Å². The van der Waals surface area contributed by atoms with Gasteiger partial charge in [0.1, 0.15) is 5.75 Å². The minimum absolute atomic E-state index is 0.215. The largest absolute Gasteiger partial charge is 0.496 e. The van der Waals surface area contributed by atoms with E-state index in [-0.39, 0.29) is 12.3 Å². The molecule has 0 radical (unpaired) electrons. The molecule has 88 valence electrons. The van der Waals surface area contributed by atoms with Crippen molar-refractivity contribution in [2.45, 2.75) is 32.6 Å². The van der Waals surface area contributed by atoms with Crippen LogP contribution in [0, 0.1) is 6.92 Å². The normalized spacial score (nSPS) is 12.2. The van der Waals surface area contributed by atoms with Crippen LogP contribution in [0.1, 0.15) is 36.8 Å². The van der Waals surface area contributed by atoms with Gasteiger partial charge in [0, 0.05) is 6.42 Å². The number of carboxylic acid groups (broad SMARTS) is 1. The highest BCUT2D eigenvalue weighted by atomic mass is 16.5. The zero-order valence-corrected chi connectivity index (χ0v) is 9.99. The van der Waals surface area contributed by atoms with Gasteiger partial charge >= 0.3 is 5.97 Å². The predicted molar refractivity (Wildman–Crippen MR) is 63.0 cm³/mol. The van der Waals surface area contributed by atoms with Gasteiger partial charge in [0.05, 0.1) is 7.11 Å². The molecular weight excluding hydrogens is 204 g/mol. The van der Waals surface area contributed by atoms with Gasteiger partial charge < -0.3 is 9.84 Å². The van der Waals surface area contributed by atoms with Crippen LogP contribution in [0.15, 0.2) is 18.2 Å². The summed E-state index contributed by atoms with van der Waals surface area (Å²) in [4.78, 5) is 10.5. The number of hydrogen-bond donors (Lipinski definition) is 1. The van der Waals surface area contributed by atoms with Crippen molar-refractivity contribution in [3.05, 3.63) is 29.3 Å². The molecule has 0 heterocycles. The average Bonchev–Trinajstić information content (AvgIpc) is 2.25. The summed E-state index contributed by atoms with van der Waals surface area (Å²) in [5.74, 6) is 0.395. The molecule has 0 bridgehead atoms. The Morgan fingerprint density at radius 1 is 1.50 bits per heavy atom. The maximum Gasteiger partial charge on any atom is 0.303 e. The van der Waals surface area contributed by atoms with E-state index in [0.29, 0.717) is 6.42 Å². The number of hydrogen-bond acceptors (Lipinski definition) is 2. The van der Waals surface area contributed by atoms with E-state index < -0.39 is 5.97 Å². The highest BCUT2D eigenvalue weighted by molar-refractivity contribution is 5.66. The molecule has 0 amide bonds.